The minimum absolute atomic E-state index is 0.336. The summed E-state index contributed by atoms with van der Waals surface area (Å²) in [7, 11) is 0. The first-order chi connectivity index (χ1) is 8.28. The first-order valence-corrected chi connectivity index (χ1v) is 6.04. The standard InChI is InChI=1S/C11H19F3N2O2/c12-11(13,14)8-16(6-7-17)9(18)10(15)4-2-1-3-5-10/h17H,1-8,15H2. The third kappa shape index (κ3) is 4.13. The Balaban J connectivity index is 2.74. The Morgan fingerprint density at radius 3 is 2.28 bits per heavy atom. The van der Waals surface area contributed by atoms with Crippen molar-refractivity contribution in [3.63, 3.8) is 0 Å². The monoisotopic (exact) mass is 268 g/mol. The van der Waals surface area contributed by atoms with Crippen molar-refractivity contribution in [1.29, 1.82) is 0 Å². The number of hydrogen-bond donors (Lipinski definition) is 2. The fraction of sp³-hybridized carbons (Fsp3) is 0.909. The highest BCUT2D eigenvalue weighted by Gasteiger charge is 2.41. The summed E-state index contributed by atoms with van der Waals surface area (Å²) in [5, 5.41) is 8.76. The predicted molar refractivity (Wildman–Crippen MR) is 59.7 cm³/mol. The maximum atomic E-state index is 12.4. The van der Waals surface area contributed by atoms with Crippen molar-refractivity contribution in [2.45, 2.75) is 43.8 Å². The number of nitrogens with zero attached hydrogens (tertiary/aromatic N) is 1. The van der Waals surface area contributed by atoms with E-state index >= 15 is 0 Å². The Bertz CT molecular complexity index is 289. The molecule has 1 aliphatic rings. The van der Waals surface area contributed by atoms with Gasteiger partial charge in [-0.2, -0.15) is 13.2 Å². The SMILES string of the molecule is NC1(C(=O)N(CCO)CC(F)(F)F)CCCCC1. The van der Waals surface area contributed by atoms with Gasteiger partial charge in [0.1, 0.15) is 6.54 Å². The van der Waals surface area contributed by atoms with Gasteiger partial charge in [-0.1, -0.05) is 19.3 Å². The second kappa shape index (κ2) is 5.88. The molecule has 4 nitrogen and oxygen atoms in total. The van der Waals surface area contributed by atoms with Crippen LogP contribution in [-0.2, 0) is 4.79 Å². The Morgan fingerprint density at radius 2 is 1.83 bits per heavy atom. The molecular formula is C11H19F3N2O2. The molecule has 0 aromatic rings. The van der Waals surface area contributed by atoms with Gasteiger partial charge in [-0.05, 0) is 12.8 Å². The van der Waals surface area contributed by atoms with E-state index in [0.717, 1.165) is 19.3 Å². The van der Waals surface area contributed by atoms with Gasteiger partial charge in [0, 0.05) is 6.54 Å². The summed E-state index contributed by atoms with van der Waals surface area (Å²) < 4.78 is 37.1. The van der Waals surface area contributed by atoms with Crippen LogP contribution in [0.3, 0.4) is 0 Å². The molecule has 3 N–H and O–H groups in total. The molecule has 0 bridgehead atoms. The molecule has 1 rings (SSSR count). The molecule has 1 aliphatic carbocycles. The van der Waals surface area contributed by atoms with Crippen molar-refractivity contribution in [3.8, 4) is 0 Å². The van der Waals surface area contributed by atoms with Crippen LogP contribution in [0.5, 0.6) is 0 Å². The Hall–Kier alpha value is -0.820. The van der Waals surface area contributed by atoms with E-state index in [4.69, 9.17) is 10.8 Å². The van der Waals surface area contributed by atoms with Gasteiger partial charge in [-0.15, -0.1) is 0 Å². The third-order valence-electron chi connectivity index (χ3n) is 3.20. The molecule has 0 atom stereocenters. The lowest BCUT2D eigenvalue weighted by Gasteiger charge is -2.37. The summed E-state index contributed by atoms with van der Waals surface area (Å²) in [6, 6.07) is 0. The van der Waals surface area contributed by atoms with Gasteiger partial charge < -0.3 is 15.7 Å². The molecule has 1 fully saturated rings. The van der Waals surface area contributed by atoms with Crippen LogP contribution in [-0.4, -0.2) is 47.3 Å². The van der Waals surface area contributed by atoms with Gasteiger partial charge >= 0.3 is 6.18 Å². The van der Waals surface area contributed by atoms with Crippen LogP contribution in [0.25, 0.3) is 0 Å². The molecule has 0 aliphatic heterocycles. The number of halogens is 3. The molecule has 1 saturated carbocycles. The molecule has 0 aromatic heterocycles. The molecule has 106 valence electrons. The van der Waals surface area contributed by atoms with Crippen molar-refractivity contribution in [2.75, 3.05) is 19.7 Å². The lowest BCUT2D eigenvalue weighted by atomic mass is 9.81. The first kappa shape index (κ1) is 15.2. The van der Waals surface area contributed by atoms with Gasteiger partial charge in [-0.3, -0.25) is 4.79 Å². The van der Waals surface area contributed by atoms with E-state index in [1.54, 1.807) is 0 Å². The van der Waals surface area contributed by atoms with Crippen molar-refractivity contribution in [3.05, 3.63) is 0 Å². The van der Waals surface area contributed by atoms with Crippen LogP contribution < -0.4 is 5.73 Å². The quantitative estimate of drug-likeness (QED) is 0.800. The topological polar surface area (TPSA) is 66.6 Å². The highest BCUT2D eigenvalue weighted by atomic mass is 19.4. The number of rotatable bonds is 4. The summed E-state index contributed by atoms with van der Waals surface area (Å²) in [6.45, 7) is -2.19. The molecule has 0 saturated heterocycles. The van der Waals surface area contributed by atoms with Crippen LogP contribution in [0.2, 0.25) is 0 Å². The molecule has 0 radical (unpaired) electrons. The van der Waals surface area contributed by atoms with Gasteiger partial charge in [0.05, 0.1) is 12.1 Å². The van der Waals surface area contributed by atoms with E-state index in [-0.39, 0.29) is 6.54 Å². The van der Waals surface area contributed by atoms with E-state index < -0.39 is 30.8 Å². The molecule has 18 heavy (non-hydrogen) atoms. The van der Waals surface area contributed by atoms with E-state index in [1.165, 1.54) is 0 Å². The molecule has 0 heterocycles. The maximum Gasteiger partial charge on any atom is 0.406 e. The molecule has 0 spiro atoms. The van der Waals surface area contributed by atoms with Crippen LogP contribution >= 0.6 is 0 Å². The lowest BCUT2D eigenvalue weighted by molar-refractivity contribution is -0.166. The summed E-state index contributed by atoms with van der Waals surface area (Å²) in [5.41, 5.74) is 4.72. The van der Waals surface area contributed by atoms with Gasteiger partial charge in [0.2, 0.25) is 5.91 Å². The third-order valence-corrected chi connectivity index (χ3v) is 3.20. The Kier molecular flexibility index (Phi) is 4.98. The minimum Gasteiger partial charge on any atom is -0.395 e. The van der Waals surface area contributed by atoms with Crippen molar-refractivity contribution >= 4 is 5.91 Å². The zero-order chi connectivity index (χ0) is 13.8. The average Bonchev–Trinajstić information content (AvgIpc) is 2.27. The number of carbonyl (C=O) groups is 1. The van der Waals surface area contributed by atoms with Gasteiger partial charge in [-0.25, -0.2) is 0 Å². The number of hydrogen-bond acceptors (Lipinski definition) is 3. The van der Waals surface area contributed by atoms with Crippen LogP contribution in [0.4, 0.5) is 13.2 Å². The summed E-state index contributed by atoms with van der Waals surface area (Å²) in [4.78, 5) is 12.7. The number of aliphatic hydroxyl groups excluding tert-OH is 1. The van der Waals surface area contributed by atoms with E-state index in [2.05, 4.69) is 0 Å². The number of aliphatic hydroxyl groups is 1. The normalized spacial score (nSPS) is 19.6. The van der Waals surface area contributed by atoms with Crippen LogP contribution in [0.15, 0.2) is 0 Å². The number of alkyl halides is 3. The van der Waals surface area contributed by atoms with Crippen molar-refractivity contribution in [2.24, 2.45) is 5.73 Å². The smallest absolute Gasteiger partial charge is 0.395 e. The summed E-state index contributed by atoms with van der Waals surface area (Å²) in [6.07, 6.45) is -1.21. The van der Waals surface area contributed by atoms with Gasteiger partial charge in [0.15, 0.2) is 0 Å². The van der Waals surface area contributed by atoms with E-state index in [9.17, 15) is 18.0 Å². The minimum atomic E-state index is -4.48. The zero-order valence-corrected chi connectivity index (χ0v) is 10.2. The Morgan fingerprint density at radius 1 is 1.28 bits per heavy atom. The number of carbonyl (C=O) groups excluding carboxylic acids is 1. The highest BCUT2D eigenvalue weighted by molar-refractivity contribution is 5.86. The molecule has 0 unspecified atom stereocenters. The average molecular weight is 268 g/mol. The molecule has 1 amide bonds. The second-order valence-electron chi connectivity index (χ2n) is 4.78. The molecule has 7 heteroatoms. The predicted octanol–water partition coefficient (Wildman–Crippen LogP) is 1.03. The van der Waals surface area contributed by atoms with Crippen molar-refractivity contribution in [1.82, 2.24) is 4.90 Å². The number of amides is 1. The van der Waals surface area contributed by atoms with Crippen LogP contribution in [0, 0.1) is 0 Å². The fourth-order valence-corrected chi connectivity index (χ4v) is 2.30. The van der Waals surface area contributed by atoms with Crippen LogP contribution in [0.1, 0.15) is 32.1 Å². The highest BCUT2D eigenvalue weighted by Crippen LogP contribution is 2.28. The van der Waals surface area contributed by atoms with E-state index in [1.807, 2.05) is 0 Å². The molecular weight excluding hydrogens is 249 g/mol. The molecule has 0 aromatic carbocycles. The largest absolute Gasteiger partial charge is 0.406 e. The van der Waals surface area contributed by atoms with Gasteiger partial charge in [0.25, 0.3) is 0 Å². The lowest BCUT2D eigenvalue weighted by Crippen LogP contribution is -2.58. The number of nitrogens with two attached hydrogens (primary N) is 1. The van der Waals surface area contributed by atoms with Crippen molar-refractivity contribution < 1.29 is 23.1 Å². The Labute approximate surface area is 104 Å². The fourth-order valence-electron chi connectivity index (χ4n) is 2.30. The maximum absolute atomic E-state index is 12.4. The van der Waals surface area contributed by atoms with E-state index in [0.29, 0.717) is 17.7 Å². The zero-order valence-electron chi connectivity index (χ0n) is 10.2. The second-order valence-corrected chi connectivity index (χ2v) is 4.78. The summed E-state index contributed by atoms with van der Waals surface area (Å²) >= 11 is 0. The summed E-state index contributed by atoms with van der Waals surface area (Å²) in [5.74, 6) is -0.700. The first-order valence-electron chi connectivity index (χ1n) is 6.04.